The van der Waals surface area contributed by atoms with Gasteiger partial charge in [-0.05, 0) is 89.1 Å². The molecule has 0 radical (unpaired) electrons. The van der Waals surface area contributed by atoms with Crippen molar-refractivity contribution in [3.63, 3.8) is 0 Å². The van der Waals surface area contributed by atoms with Gasteiger partial charge < -0.3 is 15.0 Å². The maximum absolute atomic E-state index is 14.6. The third kappa shape index (κ3) is 9.68. The number of carbonyl (C=O) groups excluding carboxylic acids is 2. The lowest BCUT2D eigenvalue weighted by Crippen LogP contribution is -2.56. The fourth-order valence-corrected chi connectivity index (χ4v) is 6.67. The average Bonchev–Trinajstić information content (AvgIpc) is 3.02. The molecule has 0 aliphatic rings. The molecule has 0 aliphatic heterocycles. The van der Waals surface area contributed by atoms with Crippen molar-refractivity contribution in [3.8, 4) is 5.75 Å². The topological polar surface area (TPSA) is 96.0 Å². The number of nitrogens with zero attached hydrogens (tertiary/aromatic N) is 2. The first-order valence-corrected chi connectivity index (χ1v) is 17.2. The third-order valence-electron chi connectivity index (χ3n) is 7.53. The molecule has 2 amide bonds. The van der Waals surface area contributed by atoms with Crippen molar-refractivity contribution in [3.05, 3.63) is 125 Å². The number of amides is 2. The van der Waals surface area contributed by atoms with Gasteiger partial charge in [0.05, 0.1) is 17.2 Å². The Morgan fingerprint density at radius 3 is 2.04 bits per heavy atom. The standard InChI is InChI=1S/C38H45N3O5S/c1-7-46-33-20-22-34(23-21-33)47(44,45)41(32-18-16-28(2)17-19-32)27-36(42)40(26-31-15-11-12-29(3)24-31)35(37(43)39-38(4,5)6)25-30-13-9-8-10-14-30/h8-24,35H,7,25-27H2,1-6H3,(H,39,43). The number of carbonyl (C=O) groups is 2. The number of nitrogens with one attached hydrogen (secondary N) is 1. The highest BCUT2D eigenvalue weighted by atomic mass is 32.2. The number of hydrogen-bond acceptors (Lipinski definition) is 5. The number of hydrogen-bond donors (Lipinski definition) is 1. The maximum atomic E-state index is 14.6. The number of anilines is 1. The van der Waals surface area contributed by atoms with Crippen molar-refractivity contribution in [1.82, 2.24) is 10.2 Å². The Balaban J connectivity index is 1.81. The van der Waals surface area contributed by atoms with E-state index < -0.39 is 34.1 Å². The smallest absolute Gasteiger partial charge is 0.264 e. The molecule has 0 aromatic heterocycles. The molecule has 9 heteroatoms. The Labute approximate surface area is 279 Å². The van der Waals surface area contributed by atoms with Gasteiger partial charge >= 0.3 is 0 Å². The zero-order valence-electron chi connectivity index (χ0n) is 28.1. The van der Waals surface area contributed by atoms with Gasteiger partial charge in [0.15, 0.2) is 0 Å². The number of sulfonamides is 1. The Morgan fingerprint density at radius 1 is 0.809 bits per heavy atom. The summed E-state index contributed by atoms with van der Waals surface area (Å²) in [6, 6.07) is 29.5. The Hall–Kier alpha value is -4.63. The second-order valence-electron chi connectivity index (χ2n) is 12.7. The van der Waals surface area contributed by atoms with E-state index in [0.29, 0.717) is 18.0 Å². The van der Waals surface area contributed by atoms with E-state index in [2.05, 4.69) is 5.32 Å². The van der Waals surface area contributed by atoms with Crippen LogP contribution in [0.1, 0.15) is 49.9 Å². The van der Waals surface area contributed by atoms with E-state index >= 15 is 0 Å². The second kappa shape index (κ2) is 15.3. The van der Waals surface area contributed by atoms with E-state index in [-0.39, 0.29) is 23.8 Å². The Kier molecular flexibility index (Phi) is 11.5. The molecule has 4 aromatic carbocycles. The van der Waals surface area contributed by atoms with Crippen LogP contribution in [0.5, 0.6) is 5.75 Å². The van der Waals surface area contributed by atoms with Gasteiger partial charge in [0.1, 0.15) is 18.3 Å². The molecule has 0 saturated carbocycles. The van der Waals surface area contributed by atoms with Crippen molar-refractivity contribution >= 4 is 27.5 Å². The highest BCUT2D eigenvalue weighted by Crippen LogP contribution is 2.27. The number of ether oxygens (including phenoxy) is 1. The Bertz CT molecular complexity index is 1750. The lowest BCUT2D eigenvalue weighted by atomic mass is 10.0. The van der Waals surface area contributed by atoms with Gasteiger partial charge in [0.2, 0.25) is 11.8 Å². The molecule has 0 heterocycles. The van der Waals surface area contributed by atoms with Crippen molar-refractivity contribution in [1.29, 1.82) is 0 Å². The fourth-order valence-electron chi connectivity index (χ4n) is 5.26. The van der Waals surface area contributed by atoms with Crippen LogP contribution in [-0.2, 0) is 32.6 Å². The molecule has 248 valence electrons. The van der Waals surface area contributed by atoms with Crippen LogP contribution in [0, 0.1) is 13.8 Å². The molecule has 1 N–H and O–H groups in total. The van der Waals surface area contributed by atoms with Crippen LogP contribution in [0.4, 0.5) is 5.69 Å². The minimum Gasteiger partial charge on any atom is -0.494 e. The minimum absolute atomic E-state index is 0.0193. The molecule has 8 nitrogen and oxygen atoms in total. The SMILES string of the molecule is CCOc1ccc(S(=O)(=O)N(CC(=O)N(Cc2cccc(C)c2)C(Cc2ccccc2)C(=O)NC(C)(C)C)c2ccc(C)cc2)cc1. The predicted octanol–water partition coefficient (Wildman–Crippen LogP) is 6.45. The normalized spacial score (nSPS) is 12.2. The lowest BCUT2D eigenvalue weighted by Gasteiger charge is -2.35. The monoisotopic (exact) mass is 655 g/mol. The highest BCUT2D eigenvalue weighted by molar-refractivity contribution is 7.92. The fraction of sp³-hybridized carbons (Fsp3) is 0.316. The lowest BCUT2D eigenvalue weighted by molar-refractivity contribution is -0.140. The van der Waals surface area contributed by atoms with Gasteiger partial charge in [-0.1, -0.05) is 77.9 Å². The summed E-state index contributed by atoms with van der Waals surface area (Å²) in [5, 5.41) is 3.06. The first-order chi connectivity index (χ1) is 22.3. The summed E-state index contributed by atoms with van der Waals surface area (Å²) in [6.45, 7) is 11.4. The predicted molar refractivity (Wildman–Crippen MR) is 187 cm³/mol. The number of aryl methyl sites for hydroxylation is 2. The van der Waals surface area contributed by atoms with Gasteiger partial charge in [0, 0.05) is 18.5 Å². The van der Waals surface area contributed by atoms with E-state index in [1.807, 2.05) is 96.1 Å². The molecule has 0 saturated heterocycles. The van der Waals surface area contributed by atoms with Gasteiger partial charge in [0.25, 0.3) is 10.0 Å². The summed E-state index contributed by atoms with van der Waals surface area (Å²) in [5.74, 6) is -0.285. The van der Waals surface area contributed by atoms with Gasteiger partial charge in [-0.25, -0.2) is 8.42 Å². The summed E-state index contributed by atoms with van der Waals surface area (Å²) < 4.78 is 35.2. The third-order valence-corrected chi connectivity index (χ3v) is 9.32. The van der Waals surface area contributed by atoms with E-state index in [0.717, 1.165) is 26.6 Å². The molecule has 1 atom stereocenters. The minimum atomic E-state index is -4.21. The molecule has 4 aromatic rings. The average molecular weight is 656 g/mol. The molecule has 0 fully saturated rings. The summed E-state index contributed by atoms with van der Waals surface area (Å²) in [4.78, 5) is 30.2. The van der Waals surface area contributed by atoms with Crippen molar-refractivity contribution in [2.45, 2.75) is 71.0 Å². The molecule has 0 bridgehead atoms. The van der Waals surface area contributed by atoms with Gasteiger partial charge in [-0.3, -0.25) is 13.9 Å². The number of benzene rings is 4. The number of rotatable bonds is 13. The van der Waals surface area contributed by atoms with E-state index in [1.54, 1.807) is 36.4 Å². The van der Waals surface area contributed by atoms with Crippen molar-refractivity contribution in [2.75, 3.05) is 17.5 Å². The van der Waals surface area contributed by atoms with Crippen LogP contribution in [0.2, 0.25) is 0 Å². The quantitative estimate of drug-likeness (QED) is 0.179. The largest absolute Gasteiger partial charge is 0.494 e. The van der Waals surface area contributed by atoms with Gasteiger partial charge in [-0.2, -0.15) is 0 Å². The molecule has 0 aliphatic carbocycles. The van der Waals surface area contributed by atoms with Gasteiger partial charge in [-0.15, -0.1) is 0 Å². The molecular formula is C38H45N3O5S. The molecule has 4 rings (SSSR count). The van der Waals surface area contributed by atoms with Crippen LogP contribution in [0.3, 0.4) is 0 Å². The van der Waals surface area contributed by atoms with Crippen LogP contribution in [0.15, 0.2) is 108 Å². The van der Waals surface area contributed by atoms with E-state index in [9.17, 15) is 18.0 Å². The molecule has 47 heavy (non-hydrogen) atoms. The summed E-state index contributed by atoms with van der Waals surface area (Å²) in [7, 11) is -4.21. The van der Waals surface area contributed by atoms with E-state index in [1.165, 1.54) is 17.0 Å². The highest BCUT2D eigenvalue weighted by Gasteiger charge is 2.35. The first kappa shape index (κ1) is 35.2. The summed E-state index contributed by atoms with van der Waals surface area (Å²) in [5.41, 5.74) is 3.44. The zero-order valence-corrected chi connectivity index (χ0v) is 28.9. The van der Waals surface area contributed by atoms with Crippen LogP contribution in [0.25, 0.3) is 0 Å². The maximum Gasteiger partial charge on any atom is 0.264 e. The zero-order chi connectivity index (χ0) is 34.2. The molecule has 0 spiro atoms. The molecule has 1 unspecified atom stereocenters. The summed E-state index contributed by atoms with van der Waals surface area (Å²) in [6.07, 6.45) is 0.247. The summed E-state index contributed by atoms with van der Waals surface area (Å²) >= 11 is 0. The van der Waals surface area contributed by atoms with Crippen LogP contribution >= 0.6 is 0 Å². The first-order valence-electron chi connectivity index (χ1n) is 15.8. The van der Waals surface area contributed by atoms with Crippen LogP contribution < -0.4 is 14.4 Å². The van der Waals surface area contributed by atoms with E-state index in [4.69, 9.17) is 4.74 Å². The van der Waals surface area contributed by atoms with Crippen molar-refractivity contribution in [2.24, 2.45) is 0 Å². The second-order valence-corrected chi connectivity index (χ2v) is 14.6. The van der Waals surface area contributed by atoms with Crippen molar-refractivity contribution < 1.29 is 22.7 Å². The Morgan fingerprint density at radius 2 is 1.45 bits per heavy atom. The van der Waals surface area contributed by atoms with Crippen LogP contribution in [-0.4, -0.2) is 49.9 Å². The molecular weight excluding hydrogens is 611 g/mol.